The molecule has 0 unspecified atom stereocenters. The number of aryl methyl sites for hydroxylation is 1. The predicted molar refractivity (Wildman–Crippen MR) is 111 cm³/mol. The lowest BCUT2D eigenvalue weighted by Gasteiger charge is -2.17. The van der Waals surface area contributed by atoms with Crippen molar-refractivity contribution in [2.45, 2.75) is 45.1 Å². The molecule has 1 aliphatic carbocycles. The van der Waals surface area contributed by atoms with Crippen molar-refractivity contribution in [3.05, 3.63) is 65.4 Å². The molecule has 4 rings (SSSR count). The van der Waals surface area contributed by atoms with Gasteiger partial charge in [-0.1, -0.05) is 53.7 Å². The molecule has 1 saturated carbocycles. The van der Waals surface area contributed by atoms with E-state index in [0.29, 0.717) is 11.3 Å². The molecule has 3 aromatic rings. The second-order valence-electron chi connectivity index (χ2n) is 7.97. The Morgan fingerprint density at radius 3 is 2.03 bits per heavy atom. The van der Waals surface area contributed by atoms with Crippen molar-refractivity contribution in [1.82, 2.24) is 5.16 Å². The Kier molecular flexibility index (Phi) is 4.94. The molecule has 0 bridgehead atoms. The van der Waals surface area contributed by atoms with E-state index in [1.54, 1.807) is 6.92 Å². The minimum Gasteiger partial charge on any atom is -0.477 e. The first-order valence-corrected chi connectivity index (χ1v) is 9.94. The quantitative estimate of drug-likeness (QED) is 0.581. The highest BCUT2D eigenvalue weighted by Gasteiger charge is 2.52. The number of hydrogen-bond donors (Lipinski definition) is 1. The van der Waals surface area contributed by atoms with Crippen LogP contribution in [0.3, 0.4) is 0 Å². The summed E-state index contributed by atoms with van der Waals surface area (Å²) < 4.78 is 10.7. The number of carbonyl (C=O) groups is 2. The molecule has 0 amide bonds. The van der Waals surface area contributed by atoms with Crippen LogP contribution >= 0.6 is 0 Å². The first-order valence-electron chi connectivity index (χ1n) is 9.94. The third-order valence-electron chi connectivity index (χ3n) is 5.48. The van der Waals surface area contributed by atoms with Gasteiger partial charge in [-0.25, -0.2) is 4.79 Å². The van der Waals surface area contributed by atoms with E-state index < -0.39 is 11.4 Å². The van der Waals surface area contributed by atoms with Crippen molar-refractivity contribution in [3.8, 4) is 22.5 Å². The molecular formula is C24H23NO5. The Morgan fingerprint density at radius 1 is 1.00 bits per heavy atom. The van der Waals surface area contributed by atoms with Gasteiger partial charge in [0.25, 0.3) is 0 Å². The van der Waals surface area contributed by atoms with E-state index in [1.165, 1.54) is 0 Å². The highest BCUT2D eigenvalue weighted by Crippen LogP contribution is 2.49. The molecule has 1 aliphatic rings. The van der Waals surface area contributed by atoms with Crippen LogP contribution in [0.4, 0.5) is 0 Å². The number of ether oxygens (including phenoxy) is 1. The summed E-state index contributed by atoms with van der Waals surface area (Å²) in [7, 11) is 0. The average Bonchev–Trinajstić information content (AvgIpc) is 3.44. The molecule has 6 nitrogen and oxygen atoms in total. The van der Waals surface area contributed by atoms with E-state index in [2.05, 4.69) is 5.16 Å². The molecule has 0 saturated heterocycles. The molecule has 1 aromatic heterocycles. The van der Waals surface area contributed by atoms with Crippen LogP contribution < -0.4 is 0 Å². The maximum Gasteiger partial charge on any atom is 0.341 e. The van der Waals surface area contributed by atoms with Crippen LogP contribution in [0.2, 0.25) is 0 Å². The van der Waals surface area contributed by atoms with E-state index >= 15 is 0 Å². The predicted octanol–water partition coefficient (Wildman–Crippen LogP) is 5.00. The van der Waals surface area contributed by atoms with Crippen LogP contribution in [0.5, 0.6) is 0 Å². The zero-order valence-corrected chi connectivity index (χ0v) is 17.1. The van der Waals surface area contributed by atoms with Crippen molar-refractivity contribution < 1.29 is 24.0 Å². The molecule has 1 fully saturated rings. The normalized spacial score (nSPS) is 14.5. The summed E-state index contributed by atoms with van der Waals surface area (Å²) in [5, 5.41) is 13.2. The van der Waals surface area contributed by atoms with Gasteiger partial charge in [0, 0.05) is 5.56 Å². The number of aromatic carboxylic acids is 1. The van der Waals surface area contributed by atoms with Crippen LogP contribution in [0.1, 0.15) is 48.3 Å². The summed E-state index contributed by atoms with van der Waals surface area (Å²) in [6, 6.07) is 15.4. The molecular weight excluding hydrogens is 382 g/mol. The van der Waals surface area contributed by atoms with Gasteiger partial charge in [-0.3, -0.25) is 4.79 Å². The zero-order valence-electron chi connectivity index (χ0n) is 17.1. The molecule has 6 heteroatoms. The molecule has 1 heterocycles. The number of carbonyl (C=O) groups excluding carboxylic acids is 1. The largest absolute Gasteiger partial charge is 0.477 e. The summed E-state index contributed by atoms with van der Waals surface area (Å²) in [6.07, 6.45) is 1.51. The smallest absolute Gasteiger partial charge is 0.341 e. The van der Waals surface area contributed by atoms with Crippen LogP contribution in [0.25, 0.3) is 22.5 Å². The zero-order chi connectivity index (χ0) is 21.5. The molecule has 154 valence electrons. The topological polar surface area (TPSA) is 89.6 Å². The minimum absolute atomic E-state index is 0.0788. The molecule has 30 heavy (non-hydrogen) atoms. The van der Waals surface area contributed by atoms with Gasteiger partial charge in [0.15, 0.2) is 5.76 Å². The molecule has 0 aliphatic heterocycles. The maximum absolute atomic E-state index is 12.5. The standard InChI is InChI=1S/C24H23NO5/c1-14(2)29-23(28)24(12-13-24)19-10-8-17(9-11-19)16-4-6-18(7-5-16)21-20(22(26)27)15(3)25-30-21/h4-11,14H,12-13H2,1-3H3,(H,26,27). The van der Waals surface area contributed by atoms with E-state index in [1.807, 2.05) is 62.4 Å². The lowest BCUT2D eigenvalue weighted by Crippen LogP contribution is -2.25. The van der Waals surface area contributed by atoms with E-state index in [4.69, 9.17) is 9.26 Å². The van der Waals surface area contributed by atoms with Gasteiger partial charge in [0.2, 0.25) is 0 Å². The fraction of sp³-hybridized carbons (Fsp3) is 0.292. The maximum atomic E-state index is 12.5. The number of carboxylic acids is 1. The fourth-order valence-corrected chi connectivity index (χ4v) is 3.68. The van der Waals surface area contributed by atoms with Gasteiger partial charge in [-0.05, 0) is 50.3 Å². The summed E-state index contributed by atoms with van der Waals surface area (Å²) in [6.45, 7) is 5.33. The number of esters is 1. The molecule has 0 atom stereocenters. The van der Waals surface area contributed by atoms with Gasteiger partial charge in [-0.15, -0.1) is 0 Å². The number of aromatic nitrogens is 1. The molecule has 2 aromatic carbocycles. The van der Waals surface area contributed by atoms with Crippen molar-refractivity contribution >= 4 is 11.9 Å². The van der Waals surface area contributed by atoms with E-state index in [9.17, 15) is 14.7 Å². The second-order valence-corrected chi connectivity index (χ2v) is 7.97. The Bertz CT molecular complexity index is 1090. The lowest BCUT2D eigenvalue weighted by atomic mass is 9.93. The second kappa shape index (κ2) is 7.44. The summed E-state index contributed by atoms with van der Waals surface area (Å²) in [4.78, 5) is 23.9. The van der Waals surface area contributed by atoms with Gasteiger partial charge in [0.1, 0.15) is 5.56 Å². The van der Waals surface area contributed by atoms with E-state index in [-0.39, 0.29) is 23.4 Å². The van der Waals surface area contributed by atoms with Crippen LogP contribution in [-0.4, -0.2) is 28.3 Å². The van der Waals surface area contributed by atoms with Crippen molar-refractivity contribution in [2.75, 3.05) is 0 Å². The Labute approximate surface area is 174 Å². The van der Waals surface area contributed by atoms with Crippen LogP contribution in [0.15, 0.2) is 53.1 Å². The average molecular weight is 405 g/mol. The summed E-state index contributed by atoms with van der Waals surface area (Å²) >= 11 is 0. The molecule has 1 N–H and O–H groups in total. The Morgan fingerprint density at radius 2 is 1.53 bits per heavy atom. The number of benzene rings is 2. The van der Waals surface area contributed by atoms with Gasteiger partial charge >= 0.3 is 11.9 Å². The van der Waals surface area contributed by atoms with Crippen molar-refractivity contribution in [3.63, 3.8) is 0 Å². The van der Waals surface area contributed by atoms with Gasteiger partial charge < -0.3 is 14.4 Å². The van der Waals surface area contributed by atoms with Gasteiger partial charge in [0.05, 0.1) is 17.2 Å². The number of hydrogen-bond acceptors (Lipinski definition) is 5. The van der Waals surface area contributed by atoms with E-state index in [0.717, 1.165) is 29.5 Å². The number of rotatable bonds is 6. The third kappa shape index (κ3) is 3.49. The van der Waals surface area contributed by atoms with Crippen LogP contribution in [-0.2, 0) is 14.9 Å². The highest BCUT2D eigenvalue weighted by atomic mass is 16.5. The highest BCUT2D eigenvalue weighted by molar-refractivity contribution is 5.95. The minimum atomic E-state index is -1.06. The summed E-state index contributed by atoms with van der Waals surface area (Å²) in [5.41, 5.74) is 3.55. The molecule has 0 radical (unpaired) electrons. The third-order valence-corrected chi connectivity index (χ3v) is 5.48. The number of nitrogens with zero attached hydrogens (tertiary/aromatic N) is 1. The Balaban J connectivity index is 1.56. The lowest BCUT2D eigenvalue weighted by molar-refractivity contribution is -0.150. The van der Waals surface area contributed by atoms with Crippen molar-refractivity contribution in [2.24, 2.45) is 0 Å². The number of carboxylic acid groups (broad SMARTS) is 1. The molecule has 0 spiro atoms. The van der Waals surface area contributed by atoms with Crippen LogP contribution in [0, 0.1) is 6.92 Å². The monoisotopic (exact) mass is 405 g/mol. The first-order chi connectivity index (χ1) is 14.3. The summed E-state index contributed by atoms with van der Waals surface area (Å²) in [5.74, 6) is -0.958. The SMILES string of the molecule is Cc1noc(-c2ccc(-c3ccc(C4(C(=O)OC(C)C)CC4)cc3)cc2)c1C(=O)O. The van der Waals surface area contributed by atoms with Gasteiger partial charge in [-0.2, -0.15) is 0 Å². The fourth-order valence-electron chi connectivity index (χ4n) is 3.68. The van der Waals surface area contributed by atoms with Crippen molar-refractivity contribution in [1.29, 1.82) is 0 Å². The Hall–Kier alpha value is -3.41. The first kappa shape index (κ1) is 19.9.